The van der Waals surface area contributed by atoms with Crippen molar-refractivity contribution in [2.45, 2.75) is 13.3 Å². The fourth-order valence-corrected chi connectivity index (χ4v) is 3.19. The van der Waals surface area contributed by atoms with Gasteiger partial charge in [0.1, 0.15) is 0 Å². The number of nitrogens with zero attached hydrogens (tertiary/aromatic N) is 5. The van der Waals surface area contributed by atoms with E-state index in [0.29, 0.717) is 18.3 Å². The van der Waals surface area contributed by atoms with Gasteiger partial charge in [-0.05, 0) is 48.7 Å². The third-order valence-corrected chi connectivity index (χ3v) is 4.98. The van der Waals surface area contributed by atoms with Gasteiger partial charge in [-0.15, -0.1) is 5.10 Å². The molecule has 1 amide bonds. The maximum absolute atomic E-state index is 10.8. The Balaban J connectivity index is 1.57. The average Bonchev–Trinajstić information content (AvgIpc) is 3.33. The Bertz CT molecular complexity index is 1160. The lowest BCUT2D eigenvalue weighted by Gasteiger charge is -2.12. The van der Waals surface area contributed by atoms with E-state index in [-0.39, 0.29) is 0 Å². The molecule has 2 aromatic heterocycles. The summed E-state index contributed by atoms with van der Waals surface area (Å²) < 4.78 is 1.73. The molecule has 2 aromatic carbocycles. The molecule has 2 heterocycles. The summed E-state index contributed by atoms with van der Waals surface area (Å²) in [5, 5.41) is 15.9. The molecule has 29 heavy (non-hydrogen) atoms. The van der Waals surface area contributed by atoms with Crippen LogP contribution in [0.5, 0.6) is 0 Å². The number of hydrogen-bond acceptors (Lipinski definition) is 5. The number of hydrogen-bond donors (Lipinski definition) is 2. The van der Waals surface area contributed by atoms with Crippen molar-refractivity contribution >= 4 is 28.9 Å². The van der Waals surface area contributed by atoms with E-state index in [1.807, 2.05) is 31.3 Å². The molecule has 4 aromatic rings. The quantitative estimate of drug-likeness (QED) is 0.474. The number of likely N-dealkylation sites (N-methyl/N-ethyl adjacent to an activating group) is 1. The van der Waals surface area contributed by atoms with Gasteiger partial charge < -0.3 is 10.2 Å². The third kappa shape index (κ3) is 3.96. The van der Waals surface area contributed by atoms with Crippen LogP contribution in [0.1, 0.15) is 11.1 Å². The average molecular weight is 389 g/mol. The summed E-state index contributed by atoms with van der Waals surface area (Å²) in [7, 11) is 3.65. The van der Waals surface area contributed by atoms with Gasteiger partial charge in [0.05, 0.1) is 11.7 Å². The van der Waals surface area contributed by atoms with Crippen LogP contribution in [0.25, 0.3) is 22.3 Å². The van der Waals surface area contributed by atoms with Gasteiger partial charge in [0, 0.05) is 37.3 Å². The zero-order chi connectivity index (χ0) is 20.4. The molecular formula is C21H23N7O. The highest BCUT2D eigenvalue weighted by Crippen LogP contribution is 2.24. The molecule has 0 aliphatic rings. The first-order valence-corrected chi connectivity index (χ1v) is 9.40. The number of nitrogens with one attached hydrogen (secondary N) is 2. The van der Waals surface area contributed by atoms with Crippen LogP contribution < -0.4 is 5.32 Å². The summed E-state index contributed by atoms with van der Waals surface area (Å²) in [6.07, 6.45) is 3.42. The lowest BCUT2D eigenvalue weighted by atomic mass is 10.0. The molecule has 148 valence electrons. The molecule has 0 saturated heterocycles. The minimum atomic E-state index is 0.657. The summed E-state index contributed by atoms with van der Waals surface area (Å²) in [6, 6.07) is 12.2. The Hall–Kier alpha value is -3.68. The second-order valence-corrected chi connectivity index (χ2v) is 7.16. The standard InChI is InChI=1S/C21H23N7O/c1-14-4-5-16(10-15(14)8-9-27(2)13-29)20-24-21(28(3)26-20)23-18-6-7-19-17(11-18)12-22-25-19/h4-7,10-13H,8-9H2,1-3H3,(H,22,25)(H,23,24,26). The van der Waals surface area contributed by atoms with E-state index in [4.69, 9.17) is 0 Å². The van der Waals surface area contributed by atoms with E-state index >= 15 is 0 Å². The summed E-state index contributed by atoms with van der Waals surface area (Å²) in [5.74, 6) is 1.31. The molecule has 0 bridgehead atoms. The summed E-state index contributed by atoms with van der Waals surface area (Å²) in [4.78, 5) is 17.2. The van der Waals surface area contributed by atoms with Crippen LogP contribution >= 0.6 is 0 Å². The number of aryl methyl sites for hydroxylation is 2. The lowest BCUT2D eigenvalue weighted by Crippen LogP contribution is -2.19. The van der Waals surface area contributed by atoms with Crippen molar-refractivity contribution in [2.24, 2.45) is 7.05 Å². The molecule has 0 atom stereocenters. The molecule has 2 N–H and O–H groups in total. The van der Waals surface area contributed by atoms with Crippen molar-refractivity contribution in [3.8, 4) is 11.4 Å². The van der Waals surface area contributed by atoms with Crippen LogP contribution in [0.15, 0.2) is 42.6 Å². The van der Waals surface area contributed by atoms with Crippen LogP contribution in [0.3, 0.4) is 0 Å². The second-order valence-electron chi connectivity index (χ2n) is 7.16. The Morgan fingerprint density at radius 1 is 1.24 bits per heavy atom. The lowest BCUT2D eigenvalue weighted by molar-refractivity contribution is -0.116. The van der Waals surface area contributed by atoms with Crippen LogP contribution in [-0.2, 0) is 18.3 Å². The van der Waals surface area contributed by atoms with E-state index < -0.39 is 0 Å². The van der Waals surface area contributed by atoms with Crippen LogP contribution in [0.4, 0.5) is 11.6 Å². The molecule has 0 unspecified atom stereocenters. The minimum absolute atomic E-state index is 0.657. The fourth-order valence-electron chi connectivity index (χ4n) is 3.19. The molecule has 4 rings (SSSR count). The Morgan fingerprint density at radius 2 is 2.10 bits per heavy atom. The first-order chi connectivity index (χ1) is 14.0. The molecule has 0 radical (unpaired) electrons. The summed E-state index contributed by atoms with van der Waals surface area (Å²) >= 11 is 0. The highest BCUT2D eigenvalue weighted by molar-refractivity contribution is 5.82. The SMILES string of the molecule is Cc1ccc(-c2nc(Nc3ccc4[nH]ncc4c3)n(C)n2)cc1CCN(C)C=O. The first kappa shape index (κ1) is 18.7. The molecule has 8 heteroatoms. The number of aromatic amines is 1. The first-order valence-electron chi connectivity index (χ1n) is 9.40. The molecular weight excluding hydrogens is 366 g/mol. The monoisotopic (exact) mass is 389 g/mol. The van der Waals surface area contributed by atoms with E-state index in [9.17, 15) is 4.79 Å². The smallest absolute Gasteiger partial charge is 0.225 e. The topological polar surface area (TPSA) is 91.7 Å². The van der Waals surface area contributed by atoms with E-state index in [1.165, 1.54) is 11.1 Å². The number of rotatable bonds is 7. The van der Waals surface area contributed by atoms with Crippen molar-refractivity contribution in [3.05, 3.63) is 53.7 Å². The Kier molecular flexibility index (Phi) is 4.99. The second kappa shape index (κ2) is 7.75. The zero-order valence-corrected chi connectivity index (χ0v) is 16.7. The van der Waals surface area contributed by atoms with Crippen LogP contribution in [0.2, 0.25) is 0 Å². The van der Waals surface area contributed by atoms with Gasteiger partial charge in [-0.2, -0.15) is 10.1 Å². The fraction of sp³-hybridized carbons (Fsp3) is 0.238. The molecule has 0 aliphatic carbocycles. The third-order valence-electron chi connectivity index (χ3n) is 4.98. The molecule has 8 nitrogen and oxygen atoms in total. The van der Waals surface area contributed by atoms with Gasteiger partial charge >= 0.3 is 0 Å². The Morgan fingerprint density at radius 3 is 2.93 bits per heavy atom. The van der Waals surface area contributed by atoms with Crippen LogP contribution in [0, 0.1) is 6.92 Å². The van der Waals surface area contributed by atoms with E-state index in [2.05, 4.69) is 44.7 Å². The molecule has 0 saturated carbocycles. The number of carbonyl (C=O) groups excluding carboxylic acids is 1. The number of fused-ring (bicyclic) bond motifs is 1. The highest BCUT2D eigenvalue weighted by atomic mass is 16.1. The maximum atomic E-state index is 10.8. The van der Waals surface area contributed by atoms with Crippen molar-refractivity contribution < 1.29 is 4.79 Å². The van der Waals surface area contributed by atoms with Crippen LogP contribution in [-0.4, -0.2) is 49.9 Å². The number of anilines is 2. The van der Waals surface area contributed by atoms with Crippen molar-refractivity contribution in [1.82, 2.24) is 29.9 Å². The number of aromatic nitrogens is 5. The maximum Gasteiger partial charge on any atom is 0.225 e. The van der Waals surface area contributed by atoms with Crippen molar-refractivity contribution in [3.63, 3.8) is 0 Å². The van der Waals surface area contributed by atoms with Gasteiger partial charge in [0.2, 0.25) is 12.4 Å². The van der Waals surface area contributed by atoms with Gasteiger partial charge in [-0.25, -0.2) is 4.68 Å². The van der Waals surface area contributed by atoms with Gasteiger partial charge in [-0.3, -0.25) is 9.89 Å². The number of carbonyl (C=O) groups is 1. The molecule has 0 fully saturated rings. The highest BCUT2D eigenvalue weighted by Gasteiger charge is 2.12. The largest absolute Gasteiger partial charge is 0.348 e. The Labute approximate surface area is 168 Å². The van der Waals surface area contributed by atoms with E-state index in [1.54, 1.807) is 22.8 Å². The van der Waals surface area contributed by atoms with Crippen molar-refractivity contribution in [1.29, 1.82) is 0 Å². The van der Waals surface area contributed by atoms with Gasteiger partial charge in [0.15, 0.2) is 5.82 Å². The predicted molar refractivity (Wildman–Crippen MR) is 113 cm³/mol. The van der Waals surface area contributed by atoms with Gasteiger partial charge in [-0.1, -0.05) is 12.1 Å². The molecule has 0 spiro atoms. The number of H-pyrrole nitrogens is 1. The zero-order valence-electron chi connectivity index (χ0n) is 16.7. The summed E-state index contributed by atoms with van der Waals surface area (Å²) in [5.41, 5.74) is 5.23. The predicted octanol–water partition coefficient (Wildman–Crippen LogP) is 3.04. The normalized spacial score (nSPS) is 11.0. The number of benzene rings is 2. The van der Waals surface area contributed by atoms with Crippen molar-refractivity contribution in [2.75, 3.05) is 18.9 Å². The number of amides is 1. The van der Waals surface area contributed by atoms with Gasteiger partial charge in [0.25, 0.3) is 0 Å². The minimum Gasteiger partial charge on any atom is -0.348 e. The molecule has 0 aliphatic heterocycles. The summed E-state index contributed by atoms with van der Waals surface area (Å²) in [6.45, 7) is 2.75. The van der Waals surface area contributed by atoms with E-state index in [0.717, 1.165) is 35.0 Å².